The van der Waals surface area contributed by atoms with Crippen LogP contribution in [0.4, 0.5) is 5.69 Å². The molecule has 0 aromatic heterocycles. The first-order valence-corrected chi connectivity index (χ1v) is 7.10. The van der Waals surface area contributed by atoms with Crippen molar-refractivity contribution in [1.29, 1.82) is 0 Å². The van der Waals surface area contributed by atoms with E-state index in [0.717, 1.165) is 29.1 Å². The molecule has 1 N–H and O–H groups in total. The van der Waals surface area contributed by atoms with Crippen LogP contribution in [0.1, 0.15) is 33.3 Å². The third-order valence-corrected chi connectivity index (χ3v) is 4.64. The van der Waals surface area contributed by atoms with E-state index in [1.807, 2.05) is 12.1 Å². The van der Waals surface area contributed by atoms with Crippen molar-refractivity contribution in [1.82, 2.24) is 0 Å². The maximum Gasteiger partial charge on any atom is 0.497 e. The van der Waals surface area contributed by atoms with E-state index in [4.69, 9.17) is 20.9 Å². The van der Waals surface area contributed by atoms with E-state index in [-0.39, 0.29) is 18.3 Å². The van der Waals surface area contributed by atoms with Gasteiger partial charge < -0.3 is 14.6 Å². The predicted octanol–water partition coefficient (Wildman–Crippen LogP) is 2.61. The zero-order valence-electron chi connectivity index (χ0n) is 11.8. The van der Waals surface area contributed by atoms with Gasteiger partial charge >= 0.3 is 7.12 Å². The number of anilines is 1. The Kier molecular flexibility index (Phi) is 2.90. The molecule has 2 heterocycles. The molecule has 0 atom stereocenters. The minimum atomic E-state index is -0.358. The van der Waals surface area contributed by atoms with Crippen LogP contribution in [0.15, 0.2) is 12.1 Å². The first-order chi connectivity index (χ1) is 8.80. The summed E-state index contributed by atoms with van der Waals surface area (Å²) in [7, 11) is -0.358. The number of benzene rings is 1. The van der Waals surface area contributed by atoms with Gasteiger partial charge in [0.05, 0.1) is 11.2 Å². The smallest absolute Gasteiger partial charge is 0.399 e. The maximum atomic E-state index is 6.21. The minimum Gasteiger partial charge on any atom is -0.399 e. The summed E-state index contributed by atoms with van der Waals surface area (Å²) in [4.78, 5) is 0. The van der Waals surface area contributed by atoms with Crippen molar-refractivity contribution in [3.63, 3.8) is 0 Å². The van der Waals surface area contributed by atoms with Gasteiger partial charge in [-0.2, -0.15) is 0 Å². The fourth-order valence-electron chi connectivity index (χ4n) is 2.58. The predicted molar refractivity (Wildman–Crippen MR) is 79.4 cm³/mol. The lowest BCUT2D eigenvalue weighted by Crippen LogP contribution is -2.41. The molecule has 0 amide bonds. The van der Waals surface area contributed by atoms with Crippen LogP contribution in [0.2, 0.25) is 5.02 Å². The van der Waals surface area contributed by atoms with Gasteiger partial charge in [-0.05, 0) is 51.8 Å². The van der Waals surface area contributed by atoms with E-state index in [9.17, 15) is 0 Å². The molecule has 102 valence electrons. The summed E-state index contributed by atoms with van der Waals surface area (Å²) in [5.41, 5.74) is 2.73. The molecule has 2 aliphatic heterocycles. The molecule has 1 aromatic rings. The van der Waals surface area contributed by atoms with Gasteiger partial charge in [-0.1, -0.05) is 11.6 Å². The van der Waals surface area contributed by atoms with Gasteiger partial charge in [0.25, 0.3) is 0 Å². The number of fused-ring (bicyclic) bond motifs is 1. The van der Waals surface area contributed by atoms with Gasteiger partial charge in [0.2, 0.25) is 0 Å². The lowest BCUT2D eigenvalue weighted by Gasteiger charge is -2.32. The number of nitrogens with one attached hydrogen (secondary N) is 1. The number of halogens is 1. The van der Waals surface area contributed by atoms with E-state index in [1.165, 1.54) is 5.56 Å². The summed E-state index contributed by atoms with van der Waals surface area (Å²) in [6, 6.07) is 3.96. The van der Waals surface area contributed by atoms with Crippen LogP contribution in [0.5, 0.6) is 0 Å². The van der Waals surface area contributed by atoms with E-state index in [2.05, 4.69) is 33.0 Å². The molecule has 2 aliphatic rings. The van der Waals surface area contributed by atoms with Gasteiger partial charge in [0.15, 0.2) is 0 Å². The van der Waals surface area contributed by atoms with Crippen LogP contribution in [0, 0.1) is 0 Å². The van der Waals surface area contributed by atoms with Gasteiger partial charge in [-0.15, -0.1) is 0 Å². The quantitative estimate of drug-likeness (QED) is 0.802. The second-order valence-corrected chi connectivity index (χ2v) is 6.73. The molecule has 1 aromatic carbocycles. The van der Waals surface area contributed by atoms with Crippen molar-refractivity contribution in [3.8, 4) is 0 Å². The molecule has 5 heteroatoms. The maximum absolute atomic E-state index is 6.21. The second-order valence-electron chi connectivity index (χ2n) is 6.29. The van der Waals surface area contributed by atoms with Crippen molar-refractivity contribution in [2.45, 2.75) is 45.3 Å². The number of hydrogen-bond donors (Lipinski definition) is 1. The van der Waals surface area contributed by atoms with Gasteiger partial charge in [0, 0.05) is 22.7 Å². The Hall–Kier alpha value is -0.705. The third-order valence-electron chi connectivity index (χ3n) is 4.42. The summed E-state index contributed by atoms with van der Waals surface area (Å²) in [5, 5.41) is 4.15. The van der Waals surface area contributed by atoms with Crippen LogP contribution in [-0.2, 0) is 15.7 Å². The molecule has 0 radical (unpaired) electrons. The summed E-state index contributed by atoms with van der Waals surface area (Å²) >= 11 is 6.21. The second kappa shape index (κ2) is 4.14. The molecule has 0 aliphatic carbocycles. The van der Waals surface area contributed by atoms with Crippen LogP contribution in [-0.4, -0.2) is 24.9 Å². The fraction of sp³-hybridized carbons (Fsp3) is 0.571. The van der Waals surface area contributed by atoms with E-state index in [1.54, 1.807) is 0 Å². The molecule has 3 nitrogen and oxygen atoms in total. The van der Waals surface area contributed by atoms with E-state index in [0.29, 0.717) is 0 Å². The third kappa shape index (κ3) is 2.06. The molecule has 0 spiro atoms. The molecule has 0 saturated carbocycles. The van der Waals surface area contributed by atoms with Gasteiger partial charge in [-0.3, -0.25) is 0 Å². The summed E-state index contributed by atoms with van der Waals surface area (Å²) in [6.45, 7) is 9.19. The van der Waals surface area contributed by atoms with Crippen molar-refractivity contribution >= 4 is 29.9 Å². The molecule has 19 heavy (non-hydrogen) atoms. The Labute approximate surface area is 119 Å². The molecule has 0 unspecified atom stereocenters. The van der Waals surface area contributed by atoms with Crippen LogP contribution < -0.4 is 10.8 Å². The average molecular weight is 280 g/mol. The Bertz CT molecular complexity index is 514. The van der Waals surface area contributed by atoms with Crippen molar-refractivity contribution in [2.24, 2.45) is 0 Å². The van der Waals surface area contributed by atoms with Gasteiger partial charge in [-0.25, -0.2) is 0 Å². The minimum absolute atomic E-state index is 0.328. The summed E-state index contributed by atoms with van der Waals surface area (Å²) < 4.78 is 12.2. The lowest BCUT2D eigenvalue weighted by atomic mass is 9.77. The van der Waals surface area contributed by atoms with Crippen LogP contribution in [0.25, 0.3) is 0 Å². The standard InChI is InChI=1S/C14H19BClNO2/c1-13(2)14(3,4)19-15(18-13)11-8-10(16)7-9-5-6-17-12(9)11/h7-8,17H,5-6H2,1-4H3. The van der Waals surface area contributed by atoms with E-state index >= 15 is 0 Å². The monoisotopic (exact) mass is 279 g/mol. The van der Waals surface area contributed by atoms with Crippen LogP contribution in [0.3, 0.4) is 0 Å². The Morgan fingerprint density at radius 2 is 1.79 bits per heavy atom. The largest absolute Gasteiger partial charge is 0.497 e. The highest BCUT2D eigenvalue weighted by Gasteiger charge is 2.52. The Morgan fingerprint density at radius 3 is 2.42 bits per heavy atom. The number of hydrogen-bond acceptors (Lipinski definition) is 3. The average Bonchev–Trinajstić information content (AvgIpc) is 2.80. The van der Waals surface area contributed by atoms with Crippen molar-refractivity contribution in [3.05, 3.63) is 22.7 Å². The zero-order chi connectivity index (χ0) is 13.8. The highest BCUT2D eigenvalue weighted by atomic mass is 35.5. The highest BCUT2D eigenvalue weighted by molar-refractivity contribution is 6.64. The molecule has 0 bridgehead atoms. The highest BCUT2D eigenvalue weighted by Crippen LogP contribution is 2.38. The molecule has 1 fully saturated rings. The zero-order valence-corrected chi connectivity index (χ0v) is 12.6. The molecular formula is C14H19BClNO2. The Balaban J connectivity index is 2.01. The first kappa shape index (κ1) is 13.3. The van der Waals surface area contributed by atoms with Crippen molar-refractivity contribution < 1.29 is 9.31 Å². The SMILES string of the molecule is CC1(C)OB(c2cc(Cl)cc3c2NCC3)OC1(C)C. The topological polar surface area (TPSA) is 30.5 Å². The first-order valence-electron chi connectivity index (χ1n) is 6.72. The molecule has 1 saturated heterocycles. The number of rotatable bonds is 1. The van der Waals surface area contributed by atoms with E-state index < -0.39 is 0 Å². The van der Waals surface area contributed by atoms with Crippen LogP contribution >= 0.6 is 11.6 Å². The summed E-state index contributed by atoms with van der Waals surface area (Å²) in [5.74, 6) is 0. The lowest BCUT2D eigenvalue weighted by molar-refractivity contribution is 0.00578. The molecule has 3 rings (SSSR count). The fourth-order valence-corrected chi connectivity index (χ4v) is 2.83. The van der Waals surface area contributed by atoms with Gasteiger partial charge in [0.1, 0.15) is 0 Å². The normalized spacial score (nSPS) is 23.3. The van der Waals surface area contributed by atoms with Crippen molar-refractivity contribution in [2.75, 3.05) is 11.9 Å². The summed E-state index contributed by atoms with van der Waals surface area (Å²) in [6.07, 6.45) is 1.00. The Morgan fingerprint density at radius 1 is 1.16 bits per heavy atom. The molecular weight excluding hydrogens is 260 g/mol.